The summed E-state index contributed by atoms with van der Waals surface area (Å²) in [5, 5.41) is 17.8. The third-order valence-corrected chi connectivity index (χ3v) is 5.75. The van der Waals surface area contributed by atoms with E-state index in [0.717, 1.165) is 24.1 Å². The predicted molar refractivity (Wildman–Crippen MR) is 123 cm³/mol. The fraction of sp³-hybridized carbons (Fsp3) is 0.320. The molecule has 5 nitrogen and oxygen atoms in total. The zero-order valence-electron chi connectivity index (χ0n) is 17.9. The van der Waals surface area contributed by atoms with E-state index < -0.39 is 5.92 Å². The van der Waals surface area contributed by atoms with E-state index in [9.17, 15) is 10.1 Å². The average molecular weight is 433 g/mol. The van der Waals surface area contributed by atoms with Crippen molar-refractivity contribution in [1.29, 1.82) is 5.26 Å². The predicted octanol–water partition coefficient (Wildman–Crippen LogP) is 6.08. The van der Waals surface area contributed by atoms with Gasteiger partial charge in [-0.15, -0.1) is 0 Å². The van der Waals surface area contributed by atoms with Gasteiger partial charge < -0.3 is 5.32 Å². The van der Waals surface area contributed by atoms with Crippen molar-refractivity contribution in [2.24, 2.45) is 0 Å². The summed E-state index contributed by atoms with van der Waals surface area (Å²) in [5.41, 5.74) is 3.38. The van der Waals surface area contributed by atoms with Crippen LogP contribution in [0.15, 0.2) is 54.6 Å². The molecule has 3 aromatic rings. The minimum Gasteiger partial charge on any atom is -0.321 e. The Kier molecular flexibility index (Phi) is 5.60. The summed E-state index contributed by atoms with van der Waals surface area (Å²) >= 11 is 6.52. The van der Waals surface area contributed by atoms with Gasteiger partial charge in [-0.1, -0.05) is 48.0 Å². The summed E-state index contributed by atoms with van der Waals surface area (Å²) < 4.78 is 1.80. The highest BCUT2D eigenvalue weighted by Crippen LogP contribution is 2.40. The summed E-state index contributed by atoms with van der Waals surface area (Å²) in [4.78, 5) is 13.1. The number of hydrogen-bond donors (Lipinski definition) is 1. The lowest BCUT2D eigenvalue weighted by atomic mass is 9.92. The highest BCUT2D eigenvalue weighted by atomic mass is 35.5. The fourth-order valence-corrected chi connectivity index (χ4v) is 3.94. The van der Waals surface area contributed by atoms with Gasteiger partial charge in [-0.05, 0) is 62.9 Å². The molecule has 0 spiro atoms. The second-order valence-corrected chi connectivity index (χ2v) is 9.38. The topological polar surface area (TPSA) is 70.7 Å². The lowest BCUT2D eigenvalue weighted by Gasteiger charge is -2.22. The second kappa shape index (κ2) is 8.20. The number of nitrogens with zero attached hydrogens (tertiary/aromatic N) is 3. The van der Waals surface area contributed by atoms with Gasteiger partial charge in [0.15, 0.2) is 0 Å². The van der Waals surface area contributed by atoms with Crippen molar-refractivity contribution >= 4 is 23.2 Å². The van der Waals surface area contributed by atoms with Crippen molar-refractivity contribution in [3.8, 4) is 6.07 Å². The summed E-state index contributed by atoms with van der Waals surface area (Å²) in [7, 11) is 0. The van der Waals surface area contributed by atoms with Crippen LogP contribution in [0.5, 0.6) is 0 Å². The molecule has 31 heavy (non-hydrogen) atoms. The summed E-state index contributed by atoms with van der Waals surface area (Å²) in [6, 6.07) is 19.0. The van der Waals surface area contributed by atoms with Gasteiger partial charge in [0.05, 0.1) is 23.2 Å². The van der Waals surface area contributed by atoms with E-state index in [1.54, 1.807) is 22.9 Å². The summed E-state index contributed by atoms with van der Waals surface area (Å²) in [5.74, 6) is -0.232. The number of carbonyl (C=O) groups excluding carboxylic acids is 1. The van der Waals surface area contributed by atoms with Crippen molar-refractivity contribution in [2.75, 3.05) is 5.32 Å². The number of benzene rings is 2. The van der Waals surface area contributed by atoms with Crippen LogP contribution in [0.4, 0.5) is 5.69 Å². The minimum absolute atomic E-state index is 0.224. The summed E-state index contributed by atoms with van der Waals surface area (Å²) in [6.45, 7) is 6.10. The number of halogens is 1. The monoisotopic (exact) mass is 432 g/mol. The van der Waals surface area contributed by atoms with Gasteiger partial charge in [0.2, 0.25) is 0 Å². The Hall–Kier alpha value is -3.10. The maximum absolute atomic E-state index is 13.1. The quantitative estimate of drug-likeness (QED) is 0.531. The van der Waals surface area contributed by atoms with E-state index in [0.29, 0.717) is 27.9 Å². The molecule has 0 saturated heterocycles. The first-order valence-corrected chi connectivity index (χ1v) is 10.8. The molecule has 1 aliphatic carbocycles. The van der Waals surface area contributed by atoms with Crippen LogP contribution in [0.25, 0.3) is 0 Å². The number of carbonyl (C=O) groups is 1. The molecule has 1 N–H and O–H groups in total. The van der Waals surface area contributed by atoms with E-state index in [-0.39, 0.29) is 11.4 Å². The Bertz CT molecular complexity index is 1150. The van der Waals surface area contributed by atoms with Crippen LogP contribution in [-0.4, -0.2) is 15.7 Å². The fourth-order valence-electron chi connectivity index (χ4n) is 3.65. The zero-order chi connectivity index (χ0) is 22.2. The van der Waals surface area contributed by atoms with Crippen molar-refractivity contribution in [2.45, 2.75) is 51.0 Å². The van der Waals surface area contributed by atoms with Crippen molar-refractivity contribution in [3.05, 3.63) is 82.1 Å². The Morgan fingerprint density at radius 3 is 2.48 bits per heavy atom. The van der Waals surface area contributed by atoms with Gasteiger partial charge >= 0.3 is 0 Å². The maximum atomic E-state index is 13.1. The van der Waals surface area contributed by atoms with Gasteiger partial charge in [0.25, 0.3) is 5.91 Å². The molecule has 1 aliphatic rings. The molecule has 0 aliphatic heterocycles. The van der Waals surface area contributed by atoms with Crippen LogP contribution in [0.3, 0.4) is 0 Å². The molecule has 0 bridgehead atoms. The normalized spacial score (nSPS) is 14.7. The number of anilines is 1. The molecule has 1 aromatic heterocycles. The van der Waals surface area contributed by atoms with Gasteiger partial charge in [-0.2, -0.15) is 10.4 Å². The minimum atomic E-state index is -0.470. The number of nitrogens with one attached hydrogen (secondary N) is 1. The number of nitriles is 1. The Balaban J connectivity index is 1.59. The molecule has 2 aromatic carbocycles. The molecule has 158 valence electrons. The number of aromatic nitrogens is 2. The smallest absolute Gasteiger partial charge is 0.273 e. The van der Waals surface area contributed by atoms with Crippen LogP contribution < -0.4 is 5.32 Å². The maximum Gasteiger partial charge on any atom is 0.273 e. The zero-order valence-corrected chi connectivity index (χ0v) is 18.6. The first kappa shape index (κ1) is 21.1. The standard InChI is InChI=1S/C25H25ClN4O/c1-25(2,3)30-23(14-22(29-30)17-9-10-17)24(31)28-18-11-12-19(21(26)13-18)20(15-27)16-7-5-4-6-8-16/h4-8,11-14,17,20H,9-10H2,1-3H3,(H,28,31). The van der Waals surface area contributed by atoms with E-state index in [4.69, 9.17) is 16.7 Å². The lowest BCUT2D eigenvalue weighted by Crippen LogP contribution is -2.29. The van der Waals surface area contributed by atoms with E-state index >= 15 is 0 Å². The average Bonchev–Trinajstić information content (AvgIpc) is 3.47. The Morgan fingerprint density at radius 1 is 1.19 bits per heavy atom. The summed E-state index contributed by atoms with van der Waals surface area (Å²) in [6.07, 6.45) is 2.25. The highest BCUT2D eigenvalue weighted by Gasteiger charge is 2.31. The second-order valence-electron chi connectivity index (χ2n) is 8.97. The molecule has 1 unspecified atom stereocenters. The van der Waals surface area contributed by atoms with Crippen LogP contribution in [0.2, 0.25) is 5.02 Å². The molecule has 1 fully saturated rings. The van der Waals surface area contributed by atoms with Crippen LogP contribution in [0, 0.1) is 11.3 Å². The molecular weight excluding hydrogens is 408 g/mol. The van der Waals surface area contributed by atoms with E-state index in [1.165, 1.54) is 0 Å². The number of amides is 1. The molecule has 1 heterocycles. The first-order chi connectivity index (χ1) is 14.8. The molecule has 0 radical (unpaired) electrons. The molecule has 1 amide bonds. The van der Waals surface area contributed by atoms with Crippen molar-refractivity contribution < 1.29 is 4.79 Å². The third-order valence-electron chi connectivity index (χ3n) is 5.42. The largest absolute Gasteiger partial charge is 0.321 e. The molecule has 1 saturated carbocycles. The number of rotatable bonds is 5. The number of hydrogen-bond acceptors (Lipinski definition) is 3. The third kappa shape index (κ3) is 4.50. The molecule has 1 atom stereocenters. The molecular formula is C25H25ClN4O. The van der Waals surface area contributed by atoms with Crippen LogP contribution in [0.1, 0.15) is 72.8 Å². The molecule has 4 rings (SSSR count). The Labute approximate surface area is 187 Å². The SMILES string of the molecule is CC(C)(C)n1nc(C2CC2)cc1C(=O)Nc1ccc(C(C#N)c2ccccc2)c(Cl)c1. The Morgan fingerprint density at radius 2 is 1.90 bits per heavy atom. The van der Waals surface area contributed by atoms with E-state index in [1.807, 2.05) is 57.2 Å². The van der Waals surface area contributed by atoms with E-state index in [2.05, 4.69) is 11.4 Å². The van der Waals surface area contributed by atoms with Crippen molar-refractivity contribution in [3.63, 3.8) is 0 Å². The van der Waals surface area contributed by atoms with Gasteiger partial charge in [0.1, 0.15) is 5.69 Å². The first-order valence-electron chi connectivity index (χ1n) is 10.4. The van der Waals surface area contributed by atoms with Crippen LogP contribution in [-0.2, 0) is 5.54 Å². The van der Waals surface area contributed by atoms with Gasteiger partial charge in [-0.25, -0.2) is 0 Å². The van der Waals surface area contributed by atoms with Gasteiger partial charge in [-0.3, -0.25) is 9.48 Å². The highest BCUT2D eigenvalue weighted by molar-refractivity contribution is 6.31. The van der Waals surface area contributed by atoms with Crippen molar-refractivity contribution in [1.82, 2.24) is 9.78 Å². The molecule has 6 heteroatoms. The van der Waals surface area contributed by atoms with Gasteiger partial charge in [0, 0.05) is 16.6 Å². The lowest BCUT2D eigenvalue weighted by molar-refractivity contribution is 0.100. The van der Waals surface area contributed by atoms with Crippen LogP contribution >= 0.6 is 11.6 Å².